The van der Waals surface area contributed by atoms with E-state index in [2.05, 4.69) is 25.6 Å². The molecule has 4 aromatic rings. The van der Waals surface area contributed by atoms with E-state index in [4.69, 9.17) is 5.73 Å². The summed E-state index contributed by atoms with van der Waals surface area (Å²) in [6, 6.07) is 9.43. The molecule has 0 unspecified atom stereocenters. The lowest BCUT2D eigenvalue weighted by atomic mass is 9.92. The van der Waals surface area contributed by atoms with Crippen LogP contribution in [0, 0.1) is 11.6 Å². The molecule has 11 heteroatoms. The second-order valence-electron chi connectivity index (χ2n) is 9.51. The van der Waals surface area contributed by atoms with Gasteiger partial charge in [0.25, 0.3) is 11.5 Å². The minimum absolute atomic E-state index is 0.0580. The van der Waals surface area contributed by atoms with Gasteiger partial charge in [0.15, 0.2) is 11.6 Å². The van der Waals surface area contributed by atoms with Crippen LogP contribution in [-0.2, 0) is 13.1 Å². The minimum Gasteiger partial charge on any atom is -0.366 e. The Morgan fingerprint density at radius 2 is 1.79 bits per heavy atom. The Morgan fingerprint density at radius 3 is 2.58 bits per heavy atom. The van der Waals surface area contributed by atoms with Crippen LogP contribution in [-0.4, -0.2) is 37.5 Å². The SMILES string of the molecule is N[C@H]1CC[C@@H](Nc2cnc3ccc(CNC(=O)c4cncn(Cc5ccc(F)c(F)c5)c4=O)cc3n2)CC1. The largest absolute Gasteiger partial charge is 0.366 e. The number of halogens is 2. The molecule has 1 aliphatic rings. The lowest BCUT2D eigenvalue weighted by Crippen LogP contribution is -2.33. The van der Waals surface area contributed by atoms with Crippen LogP contribution in [0.3, 0.4) is 0 Å². The highest BCUT2D eigenvalue weighted by atomic mass is 19.2. The zero-order chi connectivity index (χ0) is 26.6. The highest BCUT2D eigenvalue weighted by Crippen LogP contribution is 2.21. The Morgan fingerprint density at radius 1 is 1.00 bits per heavy atom. The van der Waals surface area contributed by atoms with Crippen molar-refractivity contribution in [2.24, 2.45) is 5.73 Å². The minimum atomic E-state index is -1.01. The Labute approximate surface area is 217 Å². The monoisotopic (exact) mass is 519 g/mol. The van der Waals surface area contributed by atoms with Crippen LogP contribution in [0.2, 0.25) is 0 Å². The number of nitrogens with zero attached hydrogens (tertiary/aromatic N) is 4. The van der Waals surface area contributed by atoms with Gasteiger partial charge in [0.2, 0.25) is 0 Å². The summed E-state index contributed by atoms with van der Waals surface area (Å²) in [5.41, 5.74) is 7.80. The van der Waals surface area contributed by atoms with Crippen LogP contribution >= 0.6 is 0 Å². The molecule has 0 saturated heterocycles. The molecule has 2 aromatic carbocycles. The molecular formula is C27H27F2N7O2. The van der Waals surface area contributed by atoms with E-state index in [1.165, 1.54) is 23.2 Å². The van der Waals surface area contributed by atoms with Gasteiger partial charge in [-0.25, -0.2) is 18.7 Å². The first-order valence-electron chi connectivity index (χ1n) is 12.4. The van der Waals surface area contributed by atoms with Crippen LogP contribution in [0.15, 0.2) is 59.9 Å². The standard InChI is InChI=1S/C27H27F2N7O2/c28-21-7-1-17(9-22(21)29)14-36-15-31-12-20(27(36)38)26(37)33-11-16-2-8-23-24(10-16)35-25(13-32-23)34-19-5-3-18(30)4-6-19/h1-2,7-10,12-13,15,18-19H,3-6,11,14,30H2,(H,33,37)(H,34,35)/t18-,19+. The van der Waals surface area contributed by atoms with Gasteiger partial charge >= 0.3 is 0 Å². The van der Waals surface area contributed by atoms with Crippen LogP contribution in [0.5, 0.6) is 0 Å². The molecule has 2 heterocycles. The fraction of sp³-hybridized carbons (Fsp3) is 0.296. The number of hydrogen-bond donors (Lipinski definition) is 3. The Hall–Kier alpha value is -4.25. The van der Waals surface area contributed by atoms with E-state index in [0.717, 1.165) is 48.9 Å². The molecule has 0 aliphatic heterocycles. The zero-order valence-corrected chi connectivity index (χ0v) is 20.5. The first kappa shape index (κ1) is 25.4. The van der Waals surface area contributed by atoms with Crippen LogP contribution in [0.1, 0.15) is 47.2 Å². The molecule has 196 valence electrons. The van der Waals surface area contributed by atoms with Gasteiger partial charge in [0, 0.05) is 24.8 Å². The van der Waals surface area contributed by atoms with Gasteiger partial charge in [-0.3, -0.25) is 19.1 Å². The van der Waals surface area contributed by atoms with E-state index in [1.54, 1.807) is 6.20 Å². The maximum Gasteiger partial charge on any atom is 0.266 e. The van der Waals surface area contributed by atoms with Crippen molar-refractivity contribution < 1.29 is 13.6 Å². The third-order valence-corrected chi connectivity index (χ3v) is 6.67. The zero-order valence-electron chi connectivity index (χ0n) is 20.5. The van der Waals surface area contributed by atoms with E-state index in [-0.39, 0.29) is 24.7 Å². The average Bonchev–Trinajstić information content (AvgIpc) is 2.91. The number of fused-ring (bicyclic) bond motifs is 1. The summed E-state index contributed by atoms with van der Waals surface area (Å²) in [5.74, 6) is -1.90. The van der Waals surface area contributed by atoms with Crippen molar-refractivity contribution in [2.75, 3.05) is 5.32 Å². The average molecular weight is 520 g/mol. The Balaban J connectivity index is 1.25. The van der Waals surface area contributed by atoms with E-state index < -0.39 is 23.1 Å². The molecule has 1 amide bonds. The molecule has 38 heavy (non-hydrogen) atoms. The van der Waals surface area contributed by atoms with Gasteiger partial charge in [0.05, 0.1) is 30.1 Å². The molecule has 2 aromatic heterocycles. The highest BCUT2D eigenvalue weighted by molar-refractivity contribution is 5.93. The Bertz CT molecular complexity index is 1530. The van der Waals surface area contributed by atoms with Gasteiger partial charge < -0.3 is 16.4 Å². The number of nitrogens with one attached hydrogen (secondary N) is 2. The number of rotatable bonds is 7. The molecule has 1 aliphatic carbocycles. The number of carbonyl (C=O) groups is 1. The summed E-state index contributed by atoms with van der Waals surface area (Å²) in [6.07, 6.45) is 8.08. The quantitative estimate of drug-likeness (QED) is 0.342. The van der Waals surface area contributed by atoms with E-state index >= 15 is 0 Å². The third kappa shape index (κ3) is 5.83. The number of hydrogen-bond acceptors (Lipinski definition) is 7. The number of aromatic nitrogens is 4. The van der Waals surface area contributed by atoms with E-state index in [9.17, 15) is 18.4 Å². The second-order valence-corrected chi connectivity index (χ2v) is 9.51. The first-order valence-corrected chi connectivity index (χ1v) is 12.4. The van der Waals surface area contributed by atoms with Crippen LogP contribution < -0.4 is 21.9 Å². The molecule has 4 N–H and O–H groups in total. The summed E-state index contributed by atoms with van der Waals surface area (Å²) >= 11 is 0. The van der Waals surface area contributed by atoms with Crippen LogP contribution in [0.4, 0.5) is 14.6 Å². The van der Waals surface area contributed by atoms with Gasteiger partial charge in [-0.15, -0.1) is 0 Å². The molecule has 0 atom stereocenters. The summed E-state index contributed by atoms with van der Waals surface area (Å²) in [6.45, 7) is 0.101. The van der Waals surface area contributed by atoms with Gasteiger partial charge in [-0.1, -0.05) is 12.1 Å². The third-order valence-electron chi connectivity index (χ3n) is 6.67. The smallest absolute Gasteiger partial charge is 0.266 e. The van der Waals surface area contributed by atoms with Gasteiger partial charge in [-0.2, -0.15) is 0 Å². The predicted molar refractivity (Wildman–Crippen MR) is 139 cm³/mol. The topological polar surface area (TPSA) is 128 Å². The normalized spacial score (nSPS) is 17.3. The molecule has 0 spiro atoms. The van der Waals surface area contributed by atoms with Gasteiger partial charge in [-0.05, 0) is 61.1 Å². The van der Waals surface area contributed by atoms with Gasteiger partial charge in [0.1, 0.15) is 11.4 Å². The molecule has 9 nitrogen and oxygen atoms in total. The van der Waals surface area contributed by atoms with Crippen molar-refractivity contribution in [2.45, 2.75) is 50.9 Å². The highest BCUT2D eigenvalue weighted by Gasteiger charge is 2.19. The summed E-state index contributed by atoms with van der Waals surface area (Å²) < 4.78 is 27.9. The maximum absolute atomic E-state index is 13.5. The summed E-state index contributed by atoms with van der Waals surface area (Å²) in [7, 11) is 0. The molecular weight excluding hydrogens is 492 g/mol. The fourth-order valence-electron chi connectivity index (χ4n) is 4.54. The number of anilines is 1. The number of carbonyl (C=O) groups excluding carboxylic acids is 1. The van der Waals surface area contributed by atoms with Crippen molar-refractivity contribution in [3.05, 3.63) is 93.8 Å². The lowest BCUT2D eigenvalue weighted by molar-refractivity contribution is 0.0948. The fourth-order valence-corrected chi connectivity index (χ4v) is 4.54. The van der Waals surface area contributed by atoms with Crippen molar-refractivity contribution in [1.82, 2.24) is 24.8 Å². The summed E-state index contributed by atoms with van der Waals surface area (Å²) in [4.78, 5) is 38.7. The first-order chi connectivity index (χ1) is 18.4. The van der Waals surface area contributed by atoms with Crippen molar-refractivity contribution in [1.29, 1.82) is 0 Å². The molecule has 0 bridgehead atoms. The number of nitrogens with two attached hydrogens (primary N) is 1. The molecule has 1 fully saturated rings. The molecule has 1 saturated carbocycles. The maximum atomic E-state index is 13.5. The van der Waals surface area contributed by atoms with Crippen molar-refractivity contribution >= 4 is 22.8 Å². The van der Waals surface area contributed by atoms with Crippen molar-refractivity contribution in [3.63, 3.8) is 0 Å². The van der Waals surface area contributed by atoms with Crippen molar-refractivity contribution in [3.8, 4) is 0 Å². The predicted octanol–water partition coefficient (Wildman–Crippen LogP) is 3.12. The summed E-state index contributed by atoms with van der Waals surface area (Å²) in [5, 5.41) is 6.17. The molecule has 0 radical (unpaired) electrons. The van der Waals surface area contributed by atoms with Crippen LogP contribution in [0.25, 0.3) is 11.0 Å². The number of benzene rings is 2. The number of amides is 1. The van der Waals surface area contributed by atoms with E-state index in [1.807, 2.05) is 18.2 Å². The molecule has 5 rings (SSSR count). The Kier molecular flexibility index (Phi) is 7.36. The lowest BCUT2D eigenvalue weighted by Gasteiger charge is -2.27. The van der Waals surface area contributed by atoms with E-state index in [0.29, 0.717) is 22.9 Å². The second kappa shape index (κ2) is 11.0.